The van der Waals surface area contributed by atoms with Gasteiger partial charge in [0.25, 0.3) is 11.8 Å². The van der Waals surface area contributed by atoms with E-state index in [1.165, 1.54) is 12.0 Å². The molecule has 3 aromatic carbocycles. The van der Waals surface area contributed by atoms with Crippen molar-refractivity contribution in [1.29, 1.82) is 0 Å². The zero-order valence-corrected chi connectivity index (χ0v) is 19.8. The number of rotatable bonds is 7. The third kappa shape index (κ3) is 4.08. The predicted molar refractivity (Wildman–Crippen MR) is 131 cm³/mol. The summed E-state index contributed by atoms with van der Waals surface area (Å²) in [5.74, 6) is 0.856. The van der Waals surface area contributed by atoms with E-state index in [0.29, 0.717) is 39.8 Å². The molecular formula is C27H26N2O5. The molecule has 1 aliphatic rings. The highest BCUT2D eigenvalue weighted by Gasteiger charge is 2.40. The smallest absolute Gasteiger partial charge is 0.282 e. The fourth-order valence-electron chi connectivity index (χ4n) is 4.01. The van der Waals surface area contributed by atoms with Crippen molar-refractivity contribution < 1.29 is 23.8 Å². The fourth-order valence-corrected chi connectivity index (χ4v) is 4.01. The molecule has 0 unspecified atom stereocenters. The topological polar surface area (TPSA) is 77.1 Å². The Hall–Kier alpha value is -4.26. The number of ether oxygens (including phenoxy) is 3. The minimum absolute atomic E-state index is 0.194. The minimum atomic E-state index is -0.445. The Morgan fingerprint density at radius 3 is 2.06 bits per heavy atom. The molecule has 7 nitrogen and oxygen atoms in total. The molecular weight excluding hydrogens is 432 g/mol. The number of anilines is 2. The van der Waals surface area contributed by atoms with Crippen LogP contribution in [0, 0.1) is 13.8 Å². The summed E-state index contributed by atoms with van der Waals surface area (Å²) in [7, 11) is 4.65. The predicted octanol–water partition coefficient (Wildman–Crippen LogP) is 4.73. The van der Waals surface area contributed by atoms with E-state index in [1.54, 1.807) is 56.7 Å². The first-order valence-electron chi connectivity index (χ1n) is 10.7. The van der Waals surface area contributed by atoms with Crippen LogP contribution in [-0.4, -0.2) is 33.1 Å². The van der Waals surface area contributed by atoms with Gasteiger partial charge in [0.05, 0.1) is 32.6 Å². The van der Waals surface area contributed by atoms with Crippen LogP contribution in [0.15, 0.2) is 66.4 Å². The van der Waals surface area contributed by atoms with E-state index in [1.807, 2.05) is 32.0 Å². The Morgan fingerprint density at radius 1 is 0.735 bits per heavy atom. The standard InChI is InChI=1S/C27H26N2O5/c1-16-6-12-21(17(2)14-16)24-25(28-18-7-13-22(33-4)23(15-18)34-5)27(31)29(26(24)30)19-8-10-20(32-3)11-9-19/h6-15,28H,1-5H3. The molecule has 3 aromatic rings. The van der Waals surface area contributed by atoms with Crippen LogP contribution in [0.3, 0.4) is 0 Å². The molecule has 0 aliphatic carbocycles. The van der Waals surface area contributed by atoms with E-state index >= 15 is 0 Å². The van der Waals surface area contributed by atoms with Gasteiger partial charge in [0.2, 0.25) is 0 Å². The number of hydrogen-bond donors (Lipinski definition) is 1. The molecule has 0 saturated heterocycles. The minimum Gasteiger partial charge on any atom is -0.497 e. The zero-order valence-electron chi connectivity index (χ0n) is 19.8. The van der Waals surface area contributed by atoms with Gasteiger partial charge in [-0.25, -0.2) is 4.90 Å². The maximum Gasteiger partial charge on any atom is 0.282 e. The molecule has 0 fully saturated rings. The SMILES string of the molecule is COc1ccc(N2C(=O)C(Nc3ccc(OC)c(OC)c3)=C(c3ccc(C)cc3C)C2=O)cc1. The molecule has 7 heteroatoms. The average Bonchev–Trinajstić information content (AvgIpc) is 3.08. The van der Waals surface area contributed by atoms with Gasteiger partial charge >= 0.3 is 0 Å². The highest BCUT2D eigenvalue weighted by Crippen LogP contribution is 2.37. The van der Waals surface area contributed by atoms with Gasteiger partial charge in [-0.05, 0) is 61.4 Å². The highest BCUT2D eigenvalue weighted by molar-refractivity contribution is 6.46. The summed E-state index contributed by atoms with van der Waals surface area (Å²) >= 11 is 0. The molecule has 1 heterocycles. The maximum atomic E-state index is 13.7. The lowest BCUT2D eigenvalue weighted by Crippen LogP contribution is -2.32. The van der Waals surface area contributed by atoms with Gasteiger partial charge in [-0.15, -0.1) is 0 Å². The Kier molecular flexibility index (Phi) is 6.27. The quantitative estimate of drug-likeness (QED) is 0.516. The fraction of sp³-hybridized carbons (Fsp3) is 0.185. The van der Waals surface area contributed by atoms with Gasteiger partial charge in [0, 0.05) is 11.8 Å². The molecule has 0 aromatic heterocycles. The van der Waals surface area contributed by atoms with Gasteiger partial charge in [0.1, 0.15) is 11.4 Å². The summed E-state index contributed by atoms with van der Waals surface area (Å²) in [6.45, 7) is 3.91. The third-order valence-electron chi connectivity index (χ3n) is 5.72. The van der Waals surface area contributed by atoms with E-state index in [9.17, 15) is 9.59 Å². The molecule has 1 N–H and O–H groups in total. The third-order valence-corrected chi connectivity index (χ3v) is 5.72. The number of hydrogen-bond acceptors (Lipinski definition) is 6. The van der Waals surface area contributed by atoms with Crippen molar-refractivity contribution in [2.24, 2.45) is 0 Å². The number of nitrogens with zero attached hydrogens (tertiary/aromatic N) is 1. The maximum absolute atomic E-state index is 13.7. The van der Waals surface area contributed by atoms with Gasteiger partial charge in [0.15, 0.2) is 11.5 Å². The second-order valence-electron chi connectivity index (χ2n) is 7.91. The number of carbonyl (C=O) groups is 2. The van der Waals surface area contributed by atoms with Crippen molar-refractivity contribution in [2.45, 2.75) is 13.8 Å². The van der Waals surface area contributed by atoms with E-state index in [2.05, 4.69) is 5.32 Å². The van der Waals surface area contributed by atoms with E-state index in [-0.39, 0.29) is 5.70 Å². The normalized spacial score (nSPS) is 13.4. The molecule has 2 amide bonds. The Balaban J connectivity index is 1.83. The monoisotopic (exact) mass is 458 g/mol. The average molecular weight is 459 g/mol. The lowest BCUT2D eigenvalue weighted by molar-refractivity contribution is -0.120. The summed E-state index contributed by atoms with van der Waals surface area (Å²) in [4.78, 5) is 28.5. The van der Waals surface area contributed by atoms with Crippen molar-refractivity contribution in [3.8, 4) is 17.2 Å². The van der Waals surface area contributed by atoms with Crippen molar-refractivity contribution in [3.05, 3.63) is 83.1 Å². The number of imide groups is 1. The first-order chi connectivity index (χ1) is 16.4. The number of nitrogens with one attached hydrogen (secondary N) is 1. The van der Waals surface area contributed by atoms with Crippen LogP contribution in [0.2, 0.25) is 0 Å². The van der Waals surface area contributed by atoms with E-state index in [0.717, 1.165) is 11.1 Å². The Bertz CT molecular complexity index is 1290. The number of carbonyl (C=O) groups excluding carboxylic acids is 2. The van der Waals surface area contributed by atoms with Crippen molar-refractivity contribution in [2.75, 3.05) is 31.5 Å². The van der Waals surface area contributed by atoms with Crippen molar-refractivity contribution in [1.82, 2.24) is 0 Å². The molecule has 4 rings (SSSR count). The summed E-state index contributed by atoms with van der Waals surface area (Å²) in [5, 5.41) is 3.17. The zero-order chi connectivity index (χ0) is 24.4. The number of aryl methyl sites for hydroxylation is 2. The second kappa shape index (κ2) is 9.31. The molecule has 34 heavy (non-hydrogen) atoms. The van der Waals surface area contributed by atoms with Gasteiger partial charge in [-0.1, -0.05) is 23.8 Å². The van der Waals surface area contributed by atoms with Crippen LogP contribution in [-0.2, 0) is 9.59 Å². The molecule has 0 radical (unpaired) electrons. The lowest BCUT2D eigenvalue weighted by atomic mass is 9.97. The molecule has 1 aliphatic heterocycles. The lowest BCUT2D eigenvalue weighted by Gasteiger charge is -2.16. The van der Waals surface area contributed by atoms with Crippen LogP contribution in [0.1, 0.15) is 16.7 Å². The summed E-state index contributed by atoms with van der Waals surface area (Å²) in [5.41, 5.74) is 4.23. The van der Waals surface area contributed by atoms with E-state index in [4.69, 9.17) is 14.2 Å². The first-order valence-corrected chi connectivity index (χ1v) is 10.7. The first kappa shape index (κ1) is 22.9. The molecule has 0 bridgehead atoms. The molecule has 0 atom stereocenters. The second-order valence-corrected chi connectivity index (χ2v) is 7.91. The largest absolute Gasteiger partial charge is 0.497 e. The highest BCUT2D eigenvalue weighted by atomic mass is 16.5. The number of benzene rings is 3. The number of methoxy groups -OCH3 is 3. The van der Waals surface area contributed by atoms with Crippen LogP contribution >= 0.6 is 0 Å². The van der Waals surface area contributed by atoms with Gasteiger partial charge in [-0.2, -0.15) is 0 Å². The summed E-state index contributed by atoms with van der Waals surface area (Å²) in [6.07, 6.45) is 0. The molecule has 174 valence electrons. The van der Waals surface area contributed by atoms with Gasteiger partial charge in [-0.3, -0.25) is 9.59 Å². The summed E-state index contributed by atoms with van der Waals surface area (Å²) in [6, 6.07) is 17.8. The Morgan fingerprint density at radius 2 is 1.44 bits per heavy atom. The van der Waals surface area contributed by atoms with Crippen molar-refractivity contribution >= 4 is 28.8 Å². The Labute approximate surface area is 198 Å². The van der Waals surface area contributed by atoms with Crippen LogP contribution in [0.4, 0.5) is 11.4 Å². The summed E-state index contributed by atoms with van der Waals surface area (Å²) < 4.78 is 15.9. The number of amides is 2. The van der Waals surface area contributed by atoms with Gasteiger partial charge < -0.3 is 19.5 Å². The van der Waals surface area contributed by atoms with Crippen LogP contribution < -0.4 is 24.4 Å². The van der Waals surface area contributed by atoms with Crippen LogP contribution in [0.5, 0.6) is 17.2 Å². The molecule has 0 spiro atoms. The van der Waals surface area contributed by atoms with Crippen molar-refractivity contribution in [3.63, 3.8) is 0 Å². The van der Waals surface area contributed by atoms with E-state index < -0.39 is 11.8 Å². The van der Waals surface area contributed by atoms with Crippen LogP contribution in [0.25, 0.3) is 5.57 Å². The molecule has 0 saturated carbocycles.